The van der Waals surface area contributed by atoms with E-state index in [2.05, 4.69) is 0 Å². The Morgan fingerprint density at radius 3 is 1.19 bits per heavy atom. The third-order valence-electron chi connectivity index (χ3n) is 8.07. The van der Waals surface area contributed by atoms with E-state index in [9.17, 15) is 19.2 Å². The van der Waals surface area contributed by atoms with Crippen LogP contribution in [0.15, 0.2) is 133 Å². The predicted molar refractivity (Wildman–Crippen MR) is 200 cm³/mol. The maximum atomic E-state index is 13.4. The first-order valence-electron chi connectivity index (χ1n) is 16.6. The van der Waals surface area contributed by atoms with Crippen molar-refractivity contribution in [3.63, 3.8) is 0 Å². The lowest BCUT2D eigenvalue weighted by atomic mass is 9.92. The molecule has 0 aliphatic carbocycles. The molecule has 5 aromatic rings. The van der Waals surface area contributed by atoms with Crippen LogP contribution in [-0.4, -0.2) is 48.9 Å². The Bertz CT molecular complexity index is 1790. The van der Waals surface area contributed by atoms with E-state index in [-0.39, 0.29) is 37.8 Å². The second-order valence-corrected chi connectivity index (χ2v) is 12.4. The van der Waals surface area contributed by atoms with E-state index in [1.165, 1.54) is 0 Å². The fraction of sp³-hybridized carbons (Fsp3) is 0.190. The average molecular weight is 740 g/mol. The monoisotopic (exact) mass is 738 g/mol. The molecule has 0 fully saturated rings. The van der Waals surface area contributed by atoms with Crippen molar-refractivity contribution in [2.75, 3.05) is 25.0 Å². The number of rotatable bonds is 16. The largest absolute Gasteiger partial charge is 0.492 e. The van der Waals surface area contributed by atoms with Crippen molar-refractivity contribution in [2.45, 2.75) is 24.7 Å². The standard InChI is InChI=1S/C42H36Cl2O8/c43-24-22-39(45)51-41(47)37(27-49-35-18-14-31(15-19-35)29-8-3-1-4-9-29)33-12-7-13-34(26-33)38(42(48)52-40(46)23-25-44)28-50-36-20-16-32(17-21-36)30-10-5-2-6-11-30/h1-21,26,37-38H,22-25,27-28H2. The number of carbonyl (C=O) groups excluding carboxylic acids is 4. The molecule has 0 N–H and O–H groups in total. The van der Waals surface area contributed by atoms with Crippen molar-refractivity contribution in [1.29, 1.82) is 0 Å². The summed E-state index contributed by atoms with van der Waals surface area (Å²) in [5.74, 6) is -4.45. The molecule has 2 unspecified atom stereocenters. The molecule has 0 radical (unpaired) electrons. The van der Waals surface area contributed by atoms with Gasteiger partial charge in [-0.25, -0.2) is 0 Å². The number of hydrogen-bond donors (Lipinski definition) is 0. The van der Waals surface area contributed by atoms with E-state index in [1.54, 1.807) is 48.5 Å². The van der Waals surface area contributed by atoms with Crippen LogP contribution in [0, 0.1) is 0 Å². The van der Waals surface area contributed by atoms with Gasteiger partial charge in [0.15, 0.2) is 0 Å². The van der Waals surface area contributed by atoms with Gasteiger partial charge in [0, 0.05) is 11.8 Å². The molecule has 0 saturated carbocycles. The molecule has 2 atom stereocenters. The van der Waals surface area contributed by atoms with Crippen molar-refractivity contribution < 1.29 is 38.1 Å². The van der Waals surface area contributed by atoms with Gasteiger partial charge >= 0.3 is 23.9 Å². The van der Waals surface area contributed by atoms with Gasteiger partial charge in [0.25, 0.3) is 0 Å². The Morgan fingerprint density at radius 2 is 0.827 bits per heavy atom. The Kier molecular flexibility index (Phi) is 14.0. The summed E-state index contributed by atoms with van der Waals surface area (Å²) >= 11 is 11.4. The summed E-state index contributed by atoms with van der Waals surface area (Å²) in [7, 11) is 0. The van der Waals surface area contributed by atoms with Gasteiger partial charge in [0.05, 0.1) is 12.8 Å². The van der Waals surface area contributed by atoms with Crippen molar-refractivity contribution in [2.24, 2.45) is 0 Å². The summed E-state index contributed by atoms with van der Waals surface area (Å²) in [5, 5.41) is 0. The van der Waals surface area contributed by atoms with Crippen LogP contribution < -0.4 is 9.47 Å². The van der Waals surface area contributed by atoms with Gasteiger partial charge in [0.1, 0.15) is 36.5 Å². The number of ether oxygens (including phenoxy) is 4. The van der Waals surface area contributed by atoms with Crippen LogP contribution in [0.3, 0.4) is 0 Å². The Labute approximate surface area is 312 Å². The van der Waals surface area contributed by atoms with E-state index in [0.29, 0.717) is 22.6 Å². The van der Waals surface area contributed by atoms with Gasteiger partial charge in [-0.15, -0.1) is 23.2 Å². The van der Waals surface area contributed by atoms with Gasteiger partial charge in [0.2, 0.25) is 0 Å². The van der Waals surface area contributed by atoms with Crippen molar-refractivity contribution >= 4 is 47.1 Å². The topological polar surface area (TPSA) is 105 Å². The molecule has 5 rings (SSSR count). The molecule has 10 heteroatoms. The van der Waals surface area contributed by atoms with Crippen LogP contribution in [0.25, 0.3) is 22.3 Å². The summed E-state index contributed by atoms with van der Waals surface area (Å²) < 4.78 is 22.3. The Hall–Kier alpha value is -5.44. The van der Waals surface area contributed by atoms with Gasteiger partial charge in [-0.3, -0.25) is 19.2 Å². The van der Waals surface area contributed by atoms with Gasteiger partial charge < -0.3 is 18.9 Å². The lowest BCUT2D eigenvalue weighted by molar-refractivity contribution is -0.162. The molecule has 0 aliphatic rings. The minimum Gasteiger partial charge on any atom is -0.492 e. The van der Waals surface area contributed by atoms with Crippen LogP contribution in [0.4, 0.5) is 0 Å². The molecule has 0 bridgehead atoms. The minimum atomic E-state index is -1.07. The van der Waals surface area contributed by atoms with Gasteiger partial charge in [-0.1, -0.05) is 109 Å². The van der Waals surface area contributed by atoms with Crippen molar-refractivity contribution in [1.82, 2.24) is 0 Å². The van der Waals surface area contributed by atoms with E-state index in [0.717, 1.165) is 22.3 Å². The highest BCUT2D eigenvalue weighted by atomic mass is 35.5. The van der Waals surface area contributed by atoms with Gasteiger partial charge in [-0.05, 0) is 57.6 Å². The van der Waals surface area contributed by atoms with Crippen LogP contribution in [0.5, 0.6) is 11.5 Å². The SMILES string of the molecule is O=C(CCCl)OC(=O)C(COc1ccc(-c2ccccc2)cc1)c1cccc(C(COc2ccc(-c3ccccc3)cc2)C(=O)OC(=O)CCCl)c1. The first kappa shape index (κ1) is 37.8. The van der Waals surface area contributed by atoms with E-state index < -0.39 is 35.7 Å². The van der Waals surface area contributed by atoms with E-state index in [4.69, 9.17) is 42.1 Å². The highest BCUT2D eigenvalue weighted by Crippen LogP contribution is 2.29. The van der Waals surface area contributed by atoms with Crippen LogP contribution >= 0.6 is 23.2 Å². The fourth-order valence-corrected chi connectivity index (χ4v) is 5.63. The summed E-state index contributed by atoms with van der Waals surface area (Å²) in [5.41, 5.74) is 4.85. The normalized spacial score (nSPS) is 11.9. The summed E-state index contributed by atoms with van der Waals surface area (Å²) in [6.07, 6.45) is -0.314. The second kappa shape index (κ2) is 19.2. The third kappa shape index (κ3) is 10.8. The fourth-order valence-electron chi connectivity index (χ4n) is 5.32. The minimum absolute atomic E-state index is 0.0161. The number of alkyl halides is 2. The third-order valence-corrected chi connectivity index (χ3v) is 8.44. The number of halogens is 2. The maximum absolute atomic E-state index is 13.4. The second-order valence-electron chi connectivity index (χ2n) is 11.6. The zero-order valence-corrected chi connectivity index (χ0v) is 29.6. The van der Waals surface area contributed by atoms with Crippen LogP contribution in [-0.2, 0) is 28.7 Å². The zero-order valence-electron chi connectivity index (χ0n) is 28.1. The molecule has 52 heavy (non-hydrogen) atoms. The Morgan fingerprint density at radius 1 is 0.462 bits per heavy atom. The first-order valence-corrected chi connectivity index (χ1v) is 17.7. The van der Waals surface area contributed by atoms with E-state index >= 15 is 0 Å². The molecule has 266 valence electrons. The number of esters is 4. The van der Waals surface area contributed by atoms with Crippen molar-refractivity contribution in [3.8, 4) is 33.8 Å². The highest BCUT2D eigenvalue weighted by molar-refractivity contribution is 6.19. The summed E-state index contributed by atoms with van der Waals surface area (Å²) in [6.45, 7) is -0.372. The lowest BCUT2D eigenvalue weighted by Crippen LogP contribution is -2.27. The molecular formula is C42H36Cl2O8. The highest BCUT2D eigenvalue weighted by Gasteiger charge is 2.30. The lowest BCUT2D eigenvalue weighted by Gasteiger charge is -2.20. The summed E-state index contributed by atoms with van der Waals surface area (Å²) in [6, 6.07) is 41.0. The number of carbonyl (C=O) groups is 4. The molecule has 0 spiro atoms. The molecule has 5 aromatic carbocycles. The molecule has 0 saturated heterocycles. The van der Waals surface area contributed by atoms with Crippen LogP contribution in [0.2, 0.25) is 0 Å². The smallest absolute Gasteiger partial charge is 0.324 e. The number of benzene rings is 5. The van der Waals surface area contributed by atoms with Gasteiger partial charge in [-0.2, -0.15) is 0 Å². The molecule has 8 nitrogen and oxygen atoms in total. The summed E-state index contributed by atoms with van der Waals surface area (Å²) in [4.78, 5) is 51.4. The maximum Gasteiger partial charge on any atom is 0.324 e. The molecule has 0 aliphatic heterocycles. The van der Waals surface area contributed by atoms with Crippen molar-refractivity contribution in [3.05, 3.63) is 145 Å². The Balaban J connectivity index is 1.38. The molecular weight excluding hydrogens is 703 g/mol. The molecule has 0 aromatic heterocycles. The molecule has 0 heterocycles. The molecule has 0 amide bonds. The van der Waals surface area contributed by atoms with E-state index in [1.807, 2.05) is 84.9 Å². The predicted octanol–water partition coefficient (Wildman–Crippen LogP) is 8.74. The zero-order chi connectivity index (χ0) is 36.7. The number of hydrogen-bond acceptors (Lipinski definition) is 8. The first-order chi connectivity index (χ1) is 25.3. The van der Waals surface area contributed by atoms with Crippen LogP contribution in [0.1, 0.15) is 35.8 Å². The quantitative estimate of drug-likeness (QED) is 0.0562. The average Bonchev–Trinajstić information content (AvgIpc) is 3.16.